The molecule has 1 heteroatoms. The Bertz CT molecular complexity index is 3400. The lowest BCUT2D eigenvalue weighted by Gasteiger charge is -2.33. The summed E-state index contributed by atoms with van der Waals surface area (Å²) in [7, 11) is 0. The Hall–Kier alpha value is -7.48. The van der Waals surface area contributed by atoms with Crippen LogP contribution < -0.4 is 4.90 Å². The van der Waals surface area contributed by atoms with E-state index in [4.69, 9.17) is 0 Å². The van der Waals surface area contributed by atoms with Crippen LogP contribution in [0, 0.1) is 0 Å². The lowest BCUT2D eigenvalue weighted by atomic mass is 9.70. The number of hydrogen-bond donors (Lipinski definition) is 0. The van der Waals surface area contributed by atoms with E-state index in [1.807, 2.05) is 0 Å². The van der Waals surface area contributed by atoms with Crippen molar-refractivity contribution in [1.29, 1.82) is 0 Å². The number of anilines is 3. The monoisotopic (exact) mass is 775 g/mol. The van der Waals surface area contributed by atoms with Crippen LogP contribution in [0.2, 0.25) is 0 Å². The van der Waals surface area contributed by atoms with Crippen LogP contribution in [0.25, 0.3) is 66.1 Å². The van der Waals surface area contributed by atoms with E-state index in [9.17, 15) is 0 Å². The molecule has 0 bridgehead atoms. The third-order valence-electron chi connectivity index (χ3n) is 14.2. The molecule has 0 radical (unpaired) electrons. The third kappa shape index (κ3) is 4.61. The zero-order valence-electron chi connectivity index (χ0n) is 34.2. The molecule has 0 amide bonds. The molecule has 1 nitrogen and oxygen atoms in total. The zero-order valence-corrected chi connectivity index (χ0v) is 34.2. The Kier molecular flexibility index (Phi) is 7.06. The molecule has 61 heavy (non-hydrogen) atoms. The van der Waals surface area contributed by atoms with Crippen LogP contribution in [0.1, 0.15) is 47.2 Å². The molecule has 3 aliphatic rings. The van der Waals surface area contributed by atoms with E-state index in [0.717, 1.165) is 11.4 Å². The minimum Gasteiger partial charge on any atom is -0.310 e. The molecule has 0 saturated heterocycles. The van der Waals surface area contributed by atoms with Crippen molar-refractivity contribution in [2.45, 2.75) is 24.7 Å². The lowest BCUT2D eigenvalue weighted by Crippen LogP contribution is -2.26. The first-order valence-corrected chi connectivity index (χ1v) is 21.5. The molecule has 0 unspecified atom stereocenters. The smallest absolute Gasteiger partial charge is 0.0726 e. The minimum atomic E-state index is -0.443. The molecule has 0 aliphatic heterocycles. The highest BCUT2D eigenvalue weighted by atomic mass is 15.1. The Morgan fingerprint density at radius 3 is 1.59 bits per heavy atom. The van der Waals surface area contributed by atoms with Gasteiger partial charge in [0, 0.05) is 22.2 Å². The average molecular weight is 776 g/mol. The van der Waals surface area contributed by atoms with Crippen molar-refractivity contribution in [2.24, 2.45) is 0 Å². The number of fused-ring (bicyclic) bond motifs is 16. The summed E-state index contributed by atoms with van der Waals surface area (Å²) < 4.78 is 0. The van der Waals surface area contributed by atoms with Gasteiger partial charge in [-0.25, -0.2) is 0 Å². The molecule has 0 N–H and O–H groups in total. The predicted molar refractivity (Wildman–Crippen MR) is 255 cm³/mol. The third-order valence-corrected chi connectivity index (χ3v) is 14.2. The van der Waals surface area contributed by atoms with Gasteiger partial charge >= 0.3 is 0 Å². The van der Waals surface area contributed by atoms with Crippen LogP contribution in [0.4, 0.5) is 17.1 Å². The first-order valence-electron chi connectivity index (χ1n) is 21.5. The molecule has 0 atom stereocenters. The Labute approximate surface area is 356 Å². The summed E-state index contributed by atoms with van der Waals surface area (Å²) in [6.07, 6.45) is 0. The Morgan fingerprint density at radius 2 is 0.885 bits per heavy atom. The van der Waals surface area contributed by atoms with Crippen LogP contribution in [-0.4, -0.2) is 0 Å². The van der Waals surface area contributed by atoms with Crippen LogP contribution in [0.5, 0.6) is 0 Å². The molecule has 0 saturated carbocycles. The fourth-order valence-electron chi connectivity index (χ4n) is 11.6. The van der Waals surface area contributed by atoms with E-state index in [2.05, 4.69) is 231 Å². The van der Waals surface area contributed by atoms with Crippen molar-refractivity contribution >= 4 is 38.6 Å². The molecule has 0 aromatic heterocycles. The molecular weight excluding hydrogens is 735 g/mol. The van der Waals surface area contributed by atoms with Gasteiger partial charge in [-0.15, -0.1) is 0 Å². The molecule has 13 rings (SSSR count). The van der Waals surface area contributed by atoms with E-state index in [0.29, 0.717) is 0 Å². The summed E-state index contributed by atoms with van der Waals surface area (Å²) >= 11 is 0. The van der Waals surface area contributed by atoms with Crippen molar-refractivity contribution in [3.8, 4) is 44.5 Å². The summed E-state index contributed by atoms with van der Waals surface area (Å²) in [5.41, 5.74) is 21.3. The number of nitrogens with zero attached hydrogens (tertiary/aromatic N) is 1. The zero-order chi connectivity index (χ0) is 40.5. The molecular formula is C60H41N. The highest BCUT2D eigenvalue weighted by Gasteiger charge is 2.51. The maximum atomic E-state index is 2.55. The molecule has 10 aromatic rings. The molecule has 0 heterocycles. The summed E-state index contributed by atoms with van der Waals surface area (Å²) in [4.78, 5) is 2.55. The van der Waals surface area contributed by atoms with Gasteiger partial charge in [0.25, 0.3) is 0 Å². The maximum absolute atomic E-state index is 2.55. The number of hydrogen-bond acceptors (Lipinski definition) is 1. The predicted octanol–water partition coefficient (Wildman–Crippen LogP) is 15.8. The standard InChI is InChI=1S/C60H41N/c1-59(2)52-33-29-41(38-16-4-3-5-17-38)35-50(52)51-37-57(48-23-8-9-24-49(48)58(51)59)61(42-30-28-39-18-6-7-19-40(39)34-42)43-31-32-47-46-22-12-15-27-55(46)60(56(47)36-43)53-25-13-10-20-44(53)45-21-11-14-26-54(45)60/h3-37H,1-2H3. The molecule has 1 spiro atoms. The second-order valence-electron chi connectivity index (χ2n) is 17.6. The van der Waals surface area contributed by atoms with Gasteiger partial charge in [0.05, 0.1) is 11.1 Å². The van der Waals surface area contributed by atoms with Crippen molar-refractivity contribution in [2.75, 3.05) is 4.90 Å². The van der Waals surface area contributed by atoms with E-state index in [1.54, 1.807) is 0 Å². The van der Waals surface area contributed by atoms with Gasteiger partial charge in [0.15, 0.2) is 0 Å². The molecule has 286 valence electrons. The number of benzene rings is 10. The van der Waals surface area contributed by atoms with E-state index >= 15 is 0 Å². The van der Waals surface area contributed by atoms with Gasteiger partial charge in [-0.1, -0.05) is 190 Å². The summed E-state index contributed by atoms with van der Waals surface area (Å²) in [6.45, 7) is 4.81. The summed E-state index contributed by atoms with van der Waals surface area (Å²) in [5, 5.41) is 5.00. The highest BCUT2D eigenvalue weighted by Crippen LogP contribution is 2.64. The molecule has 10 aromatic carbocycles. The normalized spacial score (nSPS) is 14.3. The summed E-state index contributed by atoms with van der Waals surface area (Å²) in [6, 6.07) is 79.8. The van der Waals surface area contributed by atoms with Crippen LogP contribution in [0.15, 0.2) is 212 Å². The molecule has 0 fully saturated rings. The van der Waals surface area contributed by atoms with Gasteiger partial charge in [0.2, 0.25) is 0 Å². The van der Waals surface area contributed by atoms with Gasteiger partial charge in [-0.2, -0.15) is 0 Å². The summed E-state index contributed by atoms with van der Waals surface area (Å²) in [5.74, 6) is 0. The SMILES string of the molecule is CC1(C)c2ccc(-c3ccccc3)cc2-c2cc(N(c3ccc4c(c3)C3(c5ccccc5-c5ccccc53)c3ccccc3-4)c3ccc4ccccc4c3)c3ccccc3c21. The van der Waals surface area contributed by atoms with E-state index in [-0.39, 0.29) is 5.41 Å². The largest absolute Gasteiger partial charge is 0.310 e. The average Bonchev–Trinajstić information content (AvgIpc) is 3.87. The fourth-order valence-corrected chi connectivity index (χ4v) is 11.6. The van der Waals surface area contributed by atoms with Gasteiger partial charge in [-0.05, 0) is 130 Å². The van der Waals surface area contributed by atoms with Gasteiger partial charge in [-0.3, -0.25) is 0 Å². The van der Waals surface area contributed by atoms with Crippen LogP contribution in [0.3, 0.4) is 0 Å². The van der Waals surface area contributed by atoms with E-state index in [1.165, 1.54) is 105 Å². The van der Waals surface area contributed by atoms with Crippen LogP contribution in [-0.2, 0) is 10.8 Å². The lowest BCUT2D eigenvalue weighted by molar-refractivity contribution is 0.666. The van der Waals surface area contributed by atoms with Crippen molar-refractivity contribution in [1.82, 2.24) is 0 Å². The maximum Gasteiger partial charge on any atom is 0.0726 e. The van der Waals surface area contributed by atoms with Crippen molar-refractivity contribution in [3.05, 3.63) is 246 Å². The first-order chi connectivity index (χ1) is 30.0. The van der Waals surface area contributed by atoms with E-state index < -0.39 is 5.41 Å². The fraction of sp³-hybridized carbons (Fsp3) is 0.0667. The van der Waals surface area contributed by atoms with Gasteiger partial charge in [0.1, 0.15) is 0 Å². The first kappa shape index (κ1) is 34.4. The minimum absolute atomic E-state index is 0.180. The van der Waals surface area contributed by atoms with Crippen molar-refractivity contribution < 1.29 is 0 Å². The van der Waals surface area contributed by atoms with Crippen LogP contribution >= 0.6 is 0 Å². The second kappa shape index (κ2) is 12.5. The quantitative estimate of drug-likeness (QED) is 0.172. The Morgan fingerprint density at radius 1 is 0.328 bits per heavy atom. The topological polar surface area (TPSA) is 3.24 Å². The molecule has 3 aliphatic carbocycles. The van der Waals surface area contributed by atoms with Gasteiger partial charge < -0.3 is 4.90 Å². The second-order valence-corrected chi connectivity index (χ2v) is 17.6. The highest BCUT2D eigenvalue weighted by molar-refractivity contribution is 6.08. The number of rotatable bonds is 4. The Balaban J connectivity index is 1.11. The van der Waals surface area contributed by atoms with Crippen molar-refractivity contribution in [3.63, 3.8) is 0 Å².